The molecule has 1 aliphatic heterocycles. The molecule has 0 bridgehead atoms. The SMILES string of the molecule is CCCCN(C)C(=O)C1CCC(C(=O)N2CCCC2)CC1. The fraction of sp³-hybridized carbons (Fsp3) is 0.882. The highest BCUT2D eigenvalue weighted by Gasteiger charge is 2.33. The number of carbonyl (C=O) groups excluding carboxylic acids is 2. The van der Waals surface area contributed by atoms with Crippen LogP contribution in [0.15, 0.2) is 0 Å². The second-order valence-electron chi connectivity index (χ2n) is 6.69. The molecule has 2 rings (SSSR count). The topological polar surface area (TPSA) is 40.6 Å². The van der Waals surface area contributed by atoms with Crippen LogP contribution in [-0.4, -0.2) is 48.3 Å². The highest BCUT2D eigenvalue weighted by atomic mass is 16.2. The lowest BCUT2D eigenvalue weighted by Gasteiger charge is -2.31. The van der Waals surface area contributed by atoms with Crippen LogP contribution in [0.4, 0.5) is 0 Å². The first kappa shape index (κ1) is 16.3. The van der Waals surface area contributed by atoms with Crippen LogP contribution in [0.5, 0.6) is 0 Å². The van der Waals surface area contributed by atoms with Crippen LogP contribution in [0.25, 0.3) is 0 Å². The number of likely N-dealkylation sites (tertiary alicyclic amines) is 1. The van der Waals surface area contributed by atoms with E-state index >= 15 is 0 Å². The highest BCUT2D eigenvalue weighted by Crippen LogP contribution is 2.31. The van der Waals surface area contributed by atoms with Crippen molar-refractivity contribution in [3.05, 3.63) is 0 Å². The Morgan fingerprint density at radius 1 is 1.05 bits per heavy atom. The lowest BCUT2D eigenvalue weighted by atomic mass is 9.80. The Morgan fingerprint density at radius 3 is 2.19 bits per heavy atom. The molecule has 0 aromatic heterocycles. The number of rotatable bonds is 5. The molecule has 0 aromatic rings. The summed E-state index contributed by atoms with van der Waals surface area (Å²) in [5.41, 5.74) is 0. The average Bonchev–Trinajstić information content (AvgIpc) is 3.05. The first-order valence-corrected chi connectivity index (χ1v) is 8.67. The molecule has 0 N–H and O–H groups in total. The molecule has 1 saturated heterocycles. The molecule has 4 heteroatoms. The molecule has 0 radical (unpaired) electrons. The van der Waals surface area contributed by atoms with Crippen LogP contribution in [0.3, 0.4) is 0 Å². The predicted octanol–water partition coefficient (Wildman–Crippen LogP) is 2.67. The minimum absolute atomic E-state index is 0.148. The average molecular weight is 294 g/mol. The van der Waals surface area contributed by atoms with Gasteiger partial charge in [0.05, 0.1) is 0 Å². The fourth-order valence-corrected chi connectivity index (χ4v) is 3.60. The van der Waals surface area contributed by atoms with Gasteiger partial charge in [-0.3, -0.25) is 9.59 Å². The maximum atomic E-state index is 12.4. The zero-order chi connectivity index (χ0) is 15.2. The number of hydrogen-bond donors (Lipinski definition) is 0. The van der Waals surface area contributed by atoms with Gasteiger partial charge in [-0.2, -0.15) is 0 Å². The molecular formula is C17H30N2O2. The third kappa shape index (κ3) is 4.21. The molecule has 4 nitrogen and oxygen atoms in total. The normalized spacial score (nSPS) is 25.9. The van der Waals surface area contributed by atoms with Crippen molar-refractivity contribution in [1.29, 1.82) is 0 Å². The Kier molecular flexibility index (Phi) is 6.07. The fourth-order valence-electron chi connectivity index (χ4n) is 3.60. The first-order chi connectivity index (χ1) is 10.1. The summed E-state index contributed by atoms with van der Waals surface area (Å²) >= 11 is 0. The Balaban J connectivity index is 1.77. The number of carbonyl (C=O) groups is 2. The van der Waals surface area contributed by atoms with E-state index in [2.05, 4.69) is 6.92 Å². The number of unbranched alkanes of at least 4 members (excludes halogenated alkanes) is 1. The van der Waals surface area contributed by atoms with E-state index in [9.17, 15) is 9.59 Å². The second kappa shape index (κ2) is 7.81. The van der Waals surface area contributed by atoms with Crippen molar-refractivity contribution in [2.24, 2.45) is 11.8 Å². The molecule has 1 saturated carbocycles. The van der Waals surface area contributed by atoms with Gasteiger partial charge in [-0.1, -0.05) is 13.3 Å². The van der Waals surface area contributed by atoms with E-state index < -0.39 is 0 Å². The molecule has 21 heavy (non-hydrogen) atoms. The molecular weight excluding hydrogens is 264 g/mol. The summed E-state index contributed by atoms with van der Waals surface area (Å²) < 4.78 is 0. The Labute approximate surface area is 128 Å². The summed E-state index contributed by atoms with van der Waals surface area (Å²) in [4.78, 5) is 28.7. The van der Waals surface area contributed by atoms with Crippen LogP contribution >= 0.6 is 0 Å². The summed E-state index contributed by atoms with van der Waals surface area (Å²) in [7, 11) is 1.92. The summed E-state index contributed by atoms with van der Waals surface area (Å²) in [6.45, 7) is 4.89. The van der Waals surface area contributed by atoms with E-state index in [0.717, 1.165) is 71.0 Å². The van der Waals surface area contributed by atoms with E-state index in [-0.39, 0.29) is 17.7 Å². The molecule has 1 heterocycles. The van der Waals surface area contributed by atoms with Crippen LogP contribution < -0.4 is 0 Å². The van der Waals surface area contributed by atoms with Gasteiger partial charge in [-0.05, 0) is 44.9 Å². The van der Waals surface area contributed by atoms with E-state index in [1.807, 2.05) is 16.8 Å². The van der Waals surface area contributed by atoms with Crippen molar-refractivity contribution < 1.29 is 9.59 Å². The zero-order valence-electron chi connectivity index (χ0n) is 13.6. The molecule has 120 valence electrons. The summed E-state index contributed by atoms with van der Waals surface area (Å²) in [5, 5.41) is 0. The Hall–Kier alpha value is -1.06. The van der Waals surface area contributed by atoms with Gasteiger partial charge in [0.2, 0.25) is 11.8 Å². The Morgan fingerprint density at radius 2 is 1.62 bits per heavy atom. The van der Waals surface area contributed by atoms with Gasteiger partial charge >= 0.3 is 0 Å². The lowest BCUT2D eigenvalue weighted by Crippen LogP contribution is -2.39. The quantitative estimate of drug-likeness (QED) is 0.782. The van der Waals surface area contributed by atoms with Crippen molar-refractivity contribution in [1.82, 2.24) is 9.80 Å². The molecule has 0 aromatic carbocycles. The number of nitrogens with zero attached hydrogens (tertiary/aromatic N) is 2. The molecule has 2 aliphatic rings. The monoisotopic (exact) mass is 294 g/mol. The van der Waals surface area contributed by atoms with E-state index in [1.165, 1.54) is 0 Å². The van der Waals surface area contributed by atoms with Gasteiger partial charge in [0, 0.05) is 38.5 Å². The van der Waals surface area contributed by atoms with E-state index in [0.29, 0.717) is 5.91 Å². The molecule has 1 aliphatic carbocycles. The highest BCUT2D eigenvalue weighted by molar-refractivity contribution is 5.81. The first-order valence-electron chi connectivity index (χ1n) is 8.67. The standard InChI is InChI=1S/C17H30N2O2/c1-3-4-11-18(2)16(20)14-7-9-15(10-8-14)17(21)19-12-5-6-13-19/h14-15H,3-13H2,1-2H3. The molecule has 2 fully saturated rings. The van der Waals surface area contributed by atoms with Crippen molar-refractivity contribution >= 4 is 11.8 Å². The van der Waals surface area contributed by atoms with Gasteiger partial charge in [0.25, 0.3) is 0 Å². The van der Waals surface area contributed by atoms with Crippen LogP contribution in [0, 0.1) is 11.8 Å². The molecule has 0 unspecified atom stereocenters. The zero-order valence-corrected chi connectivity index (χ0v) is 13.6. The van der Waals surface area contributed by atoms with Crippen LogP contribution in [0.2, 0.25) is 0 Å². The lowest BCUT2D eigenvalue weighted by molar-refractivity contribution is -0.140. The summed E-state index contributed by atoms with van der Waals surface area (Å²) in [6, 6.07) is 0. The summed E-state index contributed by atoms with van der Waals surface area (Å²) in [6.07, 6.45) is 8.07. The minimum Gasteiger partial charge on any atom is -0.346 e. The van der Waals surface area contributed by atoms with Gasteiger partial charge < -0.3 is 9.80 Å². The maximum Gasteiger partial charge on any atom is 0.225 e. The van der Waals surface area contributed by atoms with Crippen molar-refractivity contribution in [3.63, 3.8) is 0 Å². The predicted molar refractivity (Wildman–Crippen MR) is 83.8 cm³/mol. The minimum atomic E-state index is 0.148. The van der Waals surface area contributed by atoms with Gasteiger partial charge in [0.15, 0.2) is 0 Å². The van der Waals surface area contributed by atoms with E-state index in [1.54, 1.807) is 0 Å². The smallest absolute Gasteiger partial charge is 0.225 e. The molecule has 2 amide bonds. The van der Waals surface area contributed by atoms with Gasteiger partial charge in [-0.25, -0.2) is 0 Å². The third-order valence-corrected chi connectivity index (χ3v) is 5.07. The van der Waals surface area contributed by atoms with Gasteiger partial charge in [-0.15, -0.1) is 0 Å². The van der Waals surface area contributed by atoms with Crippen molar-refractivity contribution in [3.8, 4) is 0 Å². The van der Waals surface area contributed by atoms with Crippen LogP contribution in [-0.2, 0) is 9.59 Å². The number of amides is 2. The Bertz CT molecular complexity index is 356. The second-order valence-corrected chi connectivity index (χ2v) is 6.69. The van der Waals surface area contributed by atoms with Crippen LogP contribution in [0.1, 0.15) is 58.3 Å². The van der Waals surface area contributed by atoms with E-state index in [4.69, 9.17) is 0 Å². The van der Waals surface area contributed by atoms with Crippen molar-refractivity contribution in [2.75, 3.05) is 26.7 Å². The summed E-state index contributed by atoms with van der Waals surface area (Å²) in [5.74, 6) is 0.954. The molecule has 0 spiro atoms. The van der Waals surface area contributed by atoms with Gasteiger partial charge in [0.1, 0.15) is 0 Å². The van der Waals surface area contributed by atoms with Crippen molar-refractivity contribution in [2.45, 2.75) is 58.3 Å². The molecule has 0 atom stereocenters. The number of hydrogen-bond acceptors (Lipinski definition) is 2. The largest absolute Gasteiger partial charge is 0.346 e. The third-order valence-electron chi connectivity index (χ3n) is 5.07. The maximum absolute atomic E-state index is 12.4.